The van der Waals surface area contributed by atoms with Crippen LogP contribution in [-0.2, 0) is 16.1 Å². The highest BCUT2D eigenvalue weighted by Crippen LogP contribution is 2.29. The predicted molar refractivity (Wildman–Crippen MR) is 152 cm³/mol. The Morgan fingerprint density at radius 2 is 1.61 bits per heavy atom. The van der Waals surface area contributed by atoms with Crippen LogP contribution >= 0.6 is 0 Å². The van der Waals surface area contributed by atoms with Crippen molar-refractivity contribution >= 4 is 40.2 Å². The number of carbonyl (C=O) groups is 2. The summed E-state index contributed by atoms with van der Waals surface area (Å²) in [6, 6.07) is 16.1. The van der Waals surface area contributed by atoms with Crippen LogP contribution in [0.1, 0.15) is 56.9 Å². The Labute approximate surface area is 224 Å². The van der Waals surface area contributed by atoms with Crippen LogP contribution in [0.15, 0.2) is 48.5 Å². The van der Waals surface area contributed by atoms with Gasteiger partial charge in [0.2, 0.25) is 17.8 Å². The van der Waals surface area contributed by atoms with Crippen molar-refractivity contribution in [1.82, 2.24) is 15.3 Å². The van der Waals surface area contributed by atoms with Crippen LogP contribution in [0.2, 0.25) is 0 Å². The predicted octanol–water partition coefficient (Wildman–Crippen LogP) is 5.11. The highest BCUT2D eigenvalue weighted by molar-refractivity contribution is 5.93. The maximum absolute atomic E-state index is 12.9. The van der Waals surface area contributed by atoms with Crippen molar-refractivity contribution in [2.24, 2.45) is 11.8 Å². The fraction of sp³-hybridized carbons (Fsp3) is 0.467. The van der Waals surface area contributed by atoms with E-state index in [4.69, 9.17) is 9.97 Å². The minimum Gasteiger partial charge on any atom is -0.362 e. The monoisotopic (exact) mass is 514 g/mol. The van der Waals surface area contributed by atoms with Gasteiger partial charge in [0.1, 0.15) is 5.82 Å². The molecule has 2 aromatic carbocycles. The van der Waals surface area contributed by atoms with Gasteiger partial charge in [-0.15, -0.1) is 0 Å². The van der Waals surface area contributed by atoms with E-state index in [0.29, 0.717) is 12.5 Å². The molecule has 2 saturated carbocycles. The number of para-hydroxylation sites is 1. The van der Waals surface area contributed by atoms with Gasteiger partial charge in [-0.2, -0.15) is 4.98 Å². The van der Waals surface area contributed by atoms with Crippen LogP contribution in [0.5, 0.6) is 0 Å². The minimum atomic E-state index is 0.00756. The van der Waals surface area contributed by atoms with Crippen molar-refractivity contribution in [3.05, 3.63) is 54.1 Å². The number of hydrogen-bond donors (Lipinski definition) is 3. The molecule has 8 nitrogen and oxygen atoms in total. The number of anilines is 3. The first-order chi connectivity index (χ1) is 18.5. The molecule has 38 heavy (non-hydrogen) atoms. The molecular formula is C30H38N6O2. The summed E-state index contributed by atoms with van der Waals surface area (Å²) in [5.74, 6) is 1.88. The second-order valence-corrected chi connectivity index (χ2v) is 10.9. The first-order valence-corrected chi connectivity index (χ1v) is 13.8. The van der Waals surface area contributed by atoms with Crippen LogP contribution in [0.3, 0.4) is 0 Å². The zero-order valence-electron chi connectivity index (χ0n) is 22.4. The third-order valence-corrected chi connectivity index (χ3v) is 7.83. The maximum Gasteiger partial charge on any atom is 0.227 e. The molecule has 2 fully saturated rings. The van der Waals surface area contributed by atoms with Gasteiger partial charge in [-0.25, -0.2) is 4.98 Å². The molecule has 2 aliphatic rings. The van der Waals surface area contributed by atoms with Gasteiger partial charge in [0, 0.05) is 49.6 Å². The molecule has 0 unspecified atom stereocenters. The van der Waals surface area contributed by atoms with E-state index in [0.717, 1.165) is 79.3 Å². The molecule has 0 radical (unpaired) electrons. The van der Waals surface area contributed by atoms with Crippen molar-refractivity contribution in [1.29, 1.82) is 0 Å². The van der Waals surface area contributed by atoms with Gasteiger partial charge in [-0.1, -0.05) is 37.1 Å². The van der Waals surface area contributed by atoms with Gasteiger partial charge in [-0.3, -0.25) is 9.59 Å². The standard InChI is InChI=1S/C30H38N6O2/c1-36(2)27-25-12-5-6-13-26(25)34-30(35-27)33-23-16-14-22(15-17-23)28(37)31-19-20-8-7-11-24(18-20)32-29(38)21-9-3-4-10-21/h5-8,11-13,18,21-23H,3-4,9-10,14-17,19H2,1-2H3,(H,31,37)(H,32,38)(H,33,34,35)/t22-,23+. The molecule has 200 valence electrons. The third-order valence-electron chi connectivity index (χ3n) is 7.83. The van der Waals surface area contributed by atoms with E-state index >= 15 is 0 Å². The number of amides is 2. The van der Waals surface area contributed by atoms with Gasteiger partial charge in [0.05, 0.1) is 5.52 Å². The van der Waals surface area contributed by atoms with Crippen molar-refractivity contribution < 1.29 is 9.59 Å². The Kier molecular flexibility index (Phi) is 8.05. The van der Waals surface area contributed by atoms with Crippen LogP contribution in [0.4, 0.5) is 17.5 Å². The average Bonchev–Trinajstić information content (AvgIpc) is 3.47. The lowest BCUT2D eigenvalue weighted by Crippen LogP contribution is -2.36. The fourth-order valence-corrected chi connectivity index (χ4v) is 5.67. The zero-order chi connectivity index (χ0) is 26.5. The molecule has 1 heterocycles. The lowest BCUT2D eigenvalue weighted by Gasteiger charge is -2.28. The molecule has 0 bridgehead atoms. The number of nitrogens with zero attached hydrogens (tertiary/aromatic N) is 3. The largest absolute Gasteiger partial charge is 0.362 e. The fourth-order valence-electron chi connectivity index (χ4n) is 5.67. The van der Waals surface area contributed by atoms with E-state index in [1.807, 2.05) is 67.5 Å². The number of hydrogen-bond acceptors (Lipinski definition) is 6. The third kappa shape index (κ3) is 6.23. The molecule has 8 heteroatoms. The molecule has 3 aromatic rings. The maximum atomic E-state index is 12.9. The van der Waals surface area contributed by atoms with E-state index in [9.17, 15) is 9.59 Å². The van der Waals surface area contributed by atoms with Crippen molar-refractivity contribution in [2.75, 3.05) is 29.6 Å². The molecule has 2 amide bonds. The summed E-state index contributed by atoms with van der Waals surface area (Å²) in [6.45, 7) is 0.461. The number of nitrogens with one attached hydrogen (secondary N) is 3. The Morgan fingerprint density at radius 3 is 2.37 bits per heavy atom. The Morgan fingerprint density at radius 1 is 0.868 bits per heavy atom. The lowest BCUT2D eigenvalue weighted by molar-refractivity contribution is -0.126. The summed E-state index contributed by atoms with van der Waals surface area (Å²) in [4.78, 5) is 36.8. The molecule has 1 aromatic heterocycles. The van der Waals surface area contributed by atoms with Crippen LogP contribution < -0.4 is 20.9 Å². The number of aromatic nitrogens is 2. The quantitative estimate of drug-likeness (QED) is 0.386. The molecular weight excluding hydrogens is 476 g/mol. The number of fused-ring (bicyclic) bond motifs is 1. The smallest absolute Gasteiger partial charge is 0.227 e. The first kappa shape index (κ1) is 25.9. The number of carbonyl (C=O) groups excluding carboxylic acids is 2. The molecule has 2 aliphatic carbocycles. The molecule has 0 saturated heterocycles. The Bertz CT molecular complexity index is 1280. The van der Waals surface area contributed by atoms with Crippen molar-refractivity contribution in [3.8, 4) is 0 Å². The summed E-state index contributed by atoms with van der Waals surface area (Å²) in [5, 5.41) is 10.7. The zero-order valence-corrected chi connectivity index (χ0v) is 22.4. The van der Waals surface area contributed by atoms with Crippen LogP contribution in [0.25, 0.3) is 10.9 Å². The van der Waals surface area contributed by atoms with Gasteiger partial charge >= 0.3 is 0 Å². The van der Waals surface area contributed by atoms with Crippen LogP contribution in [0, 0.1) is 11.8 Å². The number of rotatable bonds is 8. The van der Waals surface area contributed by atoms with E-state index < -0.39 is 0 Å². The van der Waals surface area contributed by atoms with Gasteiger partial charge in [0.25, 0.3) is 0 Å². The van der Waals surface area contributed by atoms with Gasteiger partial charge in [-0.05, 0) is 68.4 Å². The number of benzene rings is 2. The topological polar surface area (TPSA) is 99.3 Å². The van der Waals surface area contributed by atoms with Gasteiger partial charge < -0.3 is 20.9 Å². The molecule has 0 aliphatic heterocycles. The van der Waals surface area contributed by atoms with Crippen molar-refractivity contribution in [3.63, 3.8) is 0 Å². The van der Waals surface area contributed by atoms with E-state index in [2.05, 4.69) is 16.0 Å². The second-order valence-electron chi connectivity index (χ2n) is 10.9. The van der Waals surface area contributed by atoms with Crippen LogP contribution in [-0.4, -0.2) is 41.9 Å². The molecule has 0 atom stereocenters. The molecule has 0 spiro atoms. The summed E-state index contributed by atoms with van der Waals surface area (Å²) < 4.78 is 0. The van der Waals surface area contributed by atoms with Crippen molar-refractivity contribution in [2.45, 2.75) is 64.0 Å². The summed E-state index contributed by atoms with van der Waals surface area (Å²) in [7, 11) is 3.98. The average molecular weight is 515 g/mol. The van der Waals surface area contributed by atoms with Gasteiger partial charge in [0.15, 0.2) is 0 Å². The normalized spacial score (nSPS) is 19.7. The van der Waals surface area contributed by atoms with E-state index in [1.165, 1.54) is 0 Å². The Hall–Kier alpha value is -3.68. The highest BCUT2D eigenvalue weighted by Gasteiger charge is 2.27. The minimum absolute atomic E-state index is 0.00756. The Balaban J connectivity index is 1.11. The summed E-state index contributed by atoms with van der Waals surface area (Å²) in [6.07, 6.45) is 7.68. The summed E-state index contributed by atoms with van der Waals surface area (Å²) in [5.41, 5.74) is 2.71. The van der Waals surface area contributed by atoms with E-state index in [-0.39, 0.29) is 29.7 Å². The highest BCUT2D eigenvalue weighted by atomic mass is 16.2. The first-order valence-electron chi connectivity index (χ1n) is 13.8. The molecule has 5 rings (SSSR count). The summed E-state index contributed by atoms with van der Waals surface area (Å²) >= 11 is 0. The SMILES string of the molecule is CN(C)c1nc(N[C@H]2CC[C@@H](C(=O)NCc3cccc(NC(=O)C4CCCC4)c3)CC2)nc2ccccc12. The van der Waals surface area contributed by atoms with E-state index in [1.54, 1.807) is 0 Å². The molecule has 3 N–H and O–H groups in total. The second kappa shape index (κ2) is 11.8. The lowest BCUT2D eigenvalue weighted by atomic mass is 9.85.